The predicted octanol–water partition coefficient (Wildman–Crippen LogP) is 2.30. The van der Waals surface area contributed by atoms with Crippen LogP contribution in [0.15, 0.2) is 18.2 Å². The Morgan fingerprint density at radius 3 is 2.47 bits per heavy atom. The molecule has 6 heteroatoms. The minimum atomic E-state index is -3.15. The van der Waals surface area contributed by atoms with Crippen LogP contribution in [0.2, 0.25) is 10.0 Å². The molecule has 0 radical (unpaired) electrons. The third kappa shape index (κ3) is 3.85. The van der Waals surface area contributed by atoms with Gasteiger partial charge in [-0.05, 0) is 25.0 Å². The Morgan fingerprint density at radius 1 is 1.35 bits per heavy atom. The van der Waals surface area contributed by atoms with Crippen molar-refractivity contribution in [3.63, 3.8) is 0 Å². The third-order valence-electron chi connectivity index (χ3n) is 2.77. The van der Waals surface area contributed by atoms with Gasteiger partial charge in [-0.25, -0.2) is 8.42 Å². The van der Waals surface area contributed by atoms with Gasteiger partial charge in [0, 0.05) is 12.3 Å². The van der Waals surface area contributed by atoms with E-state index in [0.29, 0.717) is 16.5 Å². The van der Waals surface area contributed by atoms with Crippen LogP contribution >= 0.6 is 23.2 Å². The van der Waals surface area contributed by atoms with Crippen molar-refractivity contribution in [1.29, 1.82) is 0 Å². The van der Waals surface area contributed by atoms with E-state index >= 15 is 0 Å². The Bertz CT molecular complexity index is 502. The number of rotatable bonds is 4. The summed E-state index contributed by atoms with van der Waals surface area (Å²) in [6, 6.07) is 4.74. The smallest absolute Gasteiger partial charge is 0.151 e. The topological polar surface area (TPSA) is 60.2 Å². The molecule has 1 aromatic carbocycles. The Kier molecular flexibility index (Phi) is 4.84. The summed E-state index contributed by atoms with van der Waals surface area (Å²) in [5, 5.41) is 0.270. The van der Waals surface area contributed by atoms with Crippen LogP contribution in [0.5, 0.6) is 0 Å². The van der Waals surface area contributed by atoms with E-state index in [0.717, 1.165) is 5.56 Å². The average molecular weight is 296 g/mol. The van der Waals surface area contributed by atoms with Gasteiger partial charge in [0.25, 0.3) is 0 Å². The maximum Gasteiger partial charge on any atom is 0.151 e. The molecule has 17 heavy (non-hydrogen) atoms. The lowest BCUT2D eigenvalue weighted by Crippen LogP contribution is -2.39. The van der Waals surface area contributed by atoms with Crippen LogP contribution in [-0.4, -0.2) is 26.0 Å². The molecular formula is C11H15Cl2NO2S. The first-order valence-corrected chi connectivity index (χ1v) is 7.82. The zero-order valence-electron chi connectivity index (χ0n) is 9.65. The molecule has 0 aromatic heterocycles. The van der Waals surface area contributed by atoms with Gasteiger partial charge in [-0.3, -0.25) is 0 Å². The summed E-state index contributed by atoms with van der Waals surface area (Å²) < 4.78 is 22.8. The summed E-state index contributed by atoms with van der Waals surface area (Å²) >= 11 is 11.9. The Morgan fingerprint density at radius 2 is 1.94 bits per heavy atom. The maximum absolute atomic E-state index is 11.4. The summed E-state index contributed by atoms with van der Waals surface area (Å²) in [6.07, 6.45) is 1.56. The molecule has 0 aliphatic rings. The van der Waals surface area contributed by atoms with Crippen molar-refractivity contribution in [1.82, 2.24) is 0 Å². The zero-order valence-corrected chi connectivity index (χ0v) is 12.0. The van der Waals surface area contributed by atoms with Crippen LogP contribution in [0.4, 0.5) is 0 Å². The van der Waals surface area contributed by atoms with Crippen molar-refractivity contribution in [2.75, 3.05) is 6.26 Å². The highest BCUT2D eigenvalue weighted by atomic mass is 35.5. The molecule has 2 N–H and O–H groups in total. The fourth-order valence-corrected chi connectivity index (χ4v) is 2.57. The van der Waals surface area contributed by atoms with Crippen LogP contribution in [-0.2, 0) is 16.3 Å². The van der Waals surface area contributed by atoms with Crippen molar-refractivity contribution in [2.45, 2.75) is 24.6 Å². The van der Waals surface area contributed by atoms with E-state index in [1.54, 1.807) is 25.1 Å². The highest BCUT2D eigenvalue weighted by Gasteiger charge is 2.23. The molecule has 3 nitrogen and oxygen atoms in total. The summed E-state index contributed by atoms with van der Waals surface area (Å²) in [4.78, 5) is 0. The van der Waals surface area contributed by atoms with E-state index in [4.69, 9.17) is 28.9 Å². The van der Waals surface area contributed by atoms with E-state index in [1.807, 2.05) is 0 Å². The largest absolute Gasteiger partial charge is 0.326 e. The molecule has 2 atom stereocenters. The number of nitrogens with two attached hydrogens (primary N) is 1. The lowest BCUT2D eigenvalue weighted by molar-refractivity contribution is 0.562. The molecule has 2 unspecified atom stereocenters. The van der Waals surface area contributed by atoms with Crippen LogP contribution in [0.1, 0.15) is 12.5 Å². The van der Waals surface area contributed by atoms with Gasteiger partial charge in [0.05, 0.1) is 15.3 Å². The van der Waals surface area contributed by atoms with Gasteiger partial charge in [0.1, 0.15) is 0 Å². The number of hydrogen-bond acceptors (Lipinski definition) is 3. The molecule has 0 heterocycles. The Labute approximate surface area is 112 Å². The molecule has 0 bridgehead atoms. The van der Waals surface area contributed by atoms with Crippen LogP contribution in [0.3, 0.4) is 0 Å². The predicted molar refractivity (Wildman–Crippen MR) is 72.4 cm³/mol. The molecule has 0 amide bonds. The fourth-order valence-electron chi connectivity index (χ4n) is 1.44. The number of benzene rings is 1. The molecule has 96 valence electrons. The van der Waals surface area contributed by atoms with E-state index in [1.165, 1.54) is 6.26 Å². The lowest BCUT2D eigenvalue weighted by Gasteiger charge is -2.19. The molecule has 1 rings (SSSR count). The van der Waals surface area contributed by atoms with Gasteiger partial charge in [-0.15, -0.1) is 0 Å². The maximum atomic E-state index is 11.4. The minimum absolute atomic E-state index is 0.383. The molecule has 0 aliphatic heterocycles. The first-order chi connectivity index (χ1) is 7.73. The summed E-state index contributed by atoms with van der Waals surface area (Å²) in [7, 11) is -3.15. The molecular weight excluding hydrogens is 281 g/mol. The van der Waals surface area contributed by atoms with Gasteiger partial charge in [0.2, 0.25) is 0 Å². The monoisotopic (exact) mass is 295 g/mol. The van der Waals surface area contributed by atoms with Gasteiger partial charge < -0.3 is 5.73 Å². The van der Waals surface area contributed by atoms with Crippen molar-refractivity contribution >= 4 is 33.0 Å². The van der Waals surface area contributed by atoms with E-state index in [9.17, 15) is 8.42 Å². The summed E-state index contributed by atoms with van der Waals surface area (Å²) in [5.74, 6) is 0. The molecule has 1 aromatic rings. The second-order valence-corrected chi connectivity index (χ2v) is 7.30. The Balaban J connectivity index is 2.89. The van der Waals surface area contributed by atoms with Gasteiger partial charge in [-0.1, -0.05) is 35.3 Å². The normalized spacial score (nSPS) is 15.6. The molecule has 0 spiro atoms. The van der Waals surface area contributed by atoms with Gasteiger partial charge in [-0.2, -0.15) is 0 Å². The average Bonchev–Trinajstić information content (AvgIpc) is 2.22. The van der Waals surface area contributed by atoms with Gasteiger partial charge in [0.15, 0.2) is 9.84 Å². The van der Waals surface area contributed by atoms with E-state index in [-0.39, 0.29) is 0 Å². The highest BCUT2D eigenvalue weighted by molar-refractivity contribution is 7.91. The van der Waals surface area contributed by atoms with Crippen molar-refractivity contribution in [3.8, 4) is 0 Å². The molecule has 0 saturated carbocycles. The molecule has 0 fully saturated rings. The number of hydrogen-bond donors (Lipinski definition) is 1. The first kappa shape index (κ1) is 14.8. The minimum Gasteiger partial charge on any atom is -0.326 e. The second-order valence-electron chi connectivity index (χ2n) is 4.12. The SMILES string of the molecule is CC(C(N)Cc1cccc(Cl)c1Cl)S(C)(=O)=O. The van der Waals surface area contributed by atoms with Crippen LogP contribution < -0.4 is 5.73 Å². The highest BCUT2D eigenvalue weighted by Crippen LogP contribution is 2.26. The standard InChI is InChI=1S/C11H15Cl2NO2S/c1-7(17(2,15)16)10(14)6-8-4-3-5-9(12)11(8)13/h3-5,7,10H,6,14H2,1-2H3. The second kappa shape index (κ2) is 5.57. The quantitative estimate of drug-likeness (QED) is 0.927. The molecule has 0 aliphatic carbocycles. The van der Waals surface area contributed by atoms with Crippen LogP contribution in [0, 0.1) is 0 Å². The fraction of sp³-hybridized carbons (Fsp3) is 0.455. The summed E-state index contributed by atoms with van der Waals surface area (Å²) in [5.41, 5.74) is 6.64. The Hall–Kier alpha value is -0.290. The van der Waals surface area contributed by atoms with Crippen molar-refractivity contribution in [3.05, 3.63) is 33.8 Å². The third-order valence-corrected chi connectivity index (χ3v) is 5.32. The van der Waals surface area contributed by atoms with Gasteiger partial charge >= 0.3 is 0 Å². The van der Waals surface area contributed by atoms with Crippen molar-refractivity contribution in [2.24, 2.45) is 5.73 Å². The van der Waals surface area contributed by atoms with Crippen molar-refractivity contribution < 1.29 is 8.42 Å². The summed E-state index contributed by atoms with van der Waals surface area (Å²) in [6.45, 7) is 1.60. The van der Waals surface area contributed by atoms with E-state index < -0.39 is 21.1 Å². The first-order valence-electron chi connectivity index (χ1n) is 5.11. The number of halogens is 2. The zero-order chi connectivity index (χ0) is 13.2. The lowest BCUT2D eigenvalue weighted by atomic mass is 10.0. The van der Waals surface area contributed by atoms with Crippen LogP contribution in [0.25, 0.3) is 0 Å². The van der Waals surface area contributed by atoms with E-state index in [2.05, 4.69) is 0 Å². The molecule has 0 saturated heterocycles. The number of sulfone groups is 1.